The molecule has 0 saturated carbocycles. The molecule has 0 amide bonds. The normalized spacial score (nSPS) is 18.9. The largest absolute Gasteiger partial charge is 0.307 e. The van der Waals surface area contributed by atoms with Crippen LogP contribution in [0.3, 0.4) is 0 Å². The summed E-state index contributed by atoms with van der Waals surface area (Å²) in [6.07, 6.45) is 3.47. The van der Waals surface area contributed by atoms with Gasteiger partial charge in [-0.2, -0.15) is 5.10 Å². The Labute approximate surface area is 153 Å². The molecule has 2 heterocycles. The third kappa shape index (κ3) is 4.26. The van der Waals surface area contributed by atoms with Crippen molar-refractivity contribution in [3.05, 3.63) is 51.8 Å². The zero-order valence-corrected chi connectivity index (χ0v) is 16.2. The molecule has 2 aromatic rings. The van der Waals surface area contributed by atoms with Crippen LogP contribution in [-0.4, -0.2) is 33.8 Å². The van der Waals surface area contributed by atoms with Crippen molar-refractivity contribution in [1.29, 1.82) is 0 Å². The van der Waals surface area contributed by atoms with Gasteiger partial charge in [0, 0.05) is 32.7 Å². The Bertz CT molecular complexity index is 653. The number of piperidine rings is 1. The Hall–Kier alpha value is -1.17. The molecule has 1 aliphatic rings. The number of rotatable bonds is 6. The number of likely N-dealkylation sites (tertiary alicyclic amines) is 1. The average molecular weight is 391 g/mol. The Balaban J connectivity index is 1.55. The van der Waals surface area contributed by atoms with E-state index >= 15 is 0 Å². The molecule has 0 bridgehead atoms. The second kappa shape index (κ2) is 8.28. The molecule has 1 fully saturated rings. The van der Waals surface area contributed by atoms with Gasteiger partial charge in [0.1, 0.15) is 0 Å². The van der Waals surface area contributed by atoms with E-state index in [0.717, 1.165) is 36.2 Å². The van der Waals surface area contributed by atoms with Crippen LogP contribution >= 0.6 is 15.9 Å². The molecule has 1 aliphatic heterocycles. The van der Waals surface area contributed by atoms with Crippen LogP contribution in [0.2, 0.25) is 0 Å². The van der Waals surface area contributed by atoms with Crippen LogP contribution in [0.5, 0.6) is 0 Å². The Kier molecular flexibility index (Phi) is 6.09. The predicted molar refractivity (Wildman–Crippen MR) is 102 cm³/mol. The lowest BCUT2D eigenvalue weighted by atomic mass is 10.0. The van der Waals surface area contributed by atoms with E-state index in [2.05, 4.69) is 68.5 Å². The molecular weight excluding hydrogens is 364 g/mol. The Morgan fingerprint density at radius 3 is 2.79 bits per heavy atom. The molecule has 5 heteroatoms. The summed E-state index contributed by atoms with van der Waals surface area (Å²) in [6, 6.07) is 11.3. The van der Waals surface area contributed by atoms with Gasteiger partial charge in [-0.05, 0) is 47.3 Å². The summed E-state index contributed by atoms with van der Waals surface area (Å²) in [6.45, 7) is 6.38. The summed E-state index contributed by atoms with van der Waals surface area (Å²) >= 11 is 3.71. The van der Waals surface area contributed by atoms with Crippen molar-refractivity contribution in [3.8, 4) is 0 Å². The fourth-order valence-electron chi connectivity index (χ4n) is 3.46. The molecule has 0 radical (unpaired) electrons. The van der Waals surface area contributed by atoms with Gasteiger partial charge in [0.15, 0.2) is 0 Å². The maximum atomic E-state index is 4.58. The standard InChI is InChI=1S/C19H27BrN4/c1-3-17-19(20)18(23(2)22-17)12-21-16-10-7-11-24(14-16)13-15-8-5-4-6-9-15/h4-6,8-9,16,21H,3,7,10-14H2,1-2H3. The van der Waals surface area contributed by atoms with Crippen LogP contribution in [0.15, 0.2) is 34.8 Å². The predicted octanol–water partition coefficient (Wildman–Crippen LogP) is 3.50. The van der Waals surface area contributed by atoms with E-state index in [0.29, 0.717) is 6.04 Å². The van der Waals surface area contributed by atoms with Gasteiger partial charge in [-0.3, -0.25) is 9.58 Å². The smallest absolute Gasteiger partial charge is 0.0767 e. The van der Waals surface area contributed by atoms with Crippen molar-refractivity contribution in [2.24, 2.45) is 7.05 Å². The molecule has 1 aromatic heterocycles. The number of nitrogens with one attached hydrogen (secondary N) is 1. The van der Waals surface area contributed by atoms with Gasteiger partial charge in [0.2, 0.25) is 0 Å². The highest BCUT2D eigenvalue weighted by Crippen LogP contribution is 2.22. The van der Waals surface area contributed by atoms with Gasteiger partial charge < -0.3 is 5.32 Å². The molecule has 0 aliphatic carbocycles. The minimum Gasteiger partial charge on any atom is -0.307 e. The molecule has 1 aromatic carbocycles. The summed E-state index contributed by atoms with van der Waals surface area (Å²) < 4.78 is 3.16. The molecule has 130 valence electrons. The zero-order chi connectivity index (χ0) is 16.9. The van der Waals surface area contributed by atoms with E-state index < -0.39 is 0 Å². The van der Waals surface area contributed by atoms with E-state index in [9.17, 15) is 0 Å². The fraction of sp³-hybridized carbons (Fsp3) is 0.526. The molecule has 4 nitrogen and oxygen atoms in total. The van der Waals surface area contributed by atoms with Gasteiger partial charge in [-0.25, -0.2) is 0 Å². The van der Waals surface area contributed by atoms with Gasteiger partial charge in [0.05, 0.1) is 15.9 Å². The summed E-state index contributed by atoms with van der Waals surface area (Å²) in [5.74, 6) is 0. The molecule has 1 saturated heterocycles. The highest BCUT2D eigenvalue weighted by Gasteiger charge is 2.21. The number of hydrogen-bond acceptors (Lipinski definition) is 3. The Morgan fingerprint density at radius 2 is 2.08 bits per heavy atom. The van der Waals surface area contributed by atoms with E-state index in [-0.39, 0.29) is 0 Å². The van der Waals surface area contributed by atoms with Crippen molar-refractivity contribution >= 4 is 15.9 Å². The number of benzene rings is 1. The lowest BCUT2D eigenvalue weighted by molar-refractivity contribution is 0.182. The maximum absolute atomic E-state index is 4.58. The van der Waals surface area contributed by atoms with E-state index in [1.54, 1.807) is 0 Å². The minimum atomic E-state index is 0.550. The van der Waals surface area contributed by atoms with E-state index in [1.165, 1.54) is 30.6 Å². The number of aromatic nitrogens is 2. The van der Waals surface area contributed by atoms with Gasteiger partial charge in [-0.1, -0.05) is 37.3 Å². The first kappa shape index (κ1) is 17.6. The fourth-order valence-corrected chi connectivity index (χ4v) is 4.22. The highest BCUT2D eigenvalue weighted by molar-refractivity contribution is 9.10. The SMILES string of the molecule is CCc1nn(C)c(CNC2CCCN(Cc3ccccc3)C2)c1Br. The summed E-state index contributed by atoms with van der Waals surface area (Å²) in [7, 11) is 2.03. The molecule has 1 unspecified atom stereocenters. The van der Waals surface area contributed by atoms with Gasteiger partial charge in [-0.15, -0.1) is 0 Å². The summed E-state index contributed by atoms with van der Waals surface area (Å²) in [5.41, 5.74) is 3.79. The van der Waals surface area contributed by atoms with Crippen LogP contribution in [0.4, 0.5) is 0 Å². The molecule has 24 heavy (non-hydrogen) atoms. The minimum absolute atomic E-state index is 0.550. The van der Waals surface area contributed by atoms with Crippen LogP contribution in [-0.2, 0) is 26.6 Å². The van der Waals surface area contributed by atoms with E-state index in [4.69, 9.17) is 0 Å². The van der Waals surface area contributed by atoms with Crippen molar-refractivity contribution in [1.82, 2.24) is 20.0 Å². The molecule has 3 rings (SSSR count). The first-order chi connectivity index (χ1) is 11.7. The van der Waals surface area contributed by atoms with Crippen molar-refractivity contribution in [3.63, 3.8) is 0 Å². The zero-order valence-electron chi connectivity index (χ0n) is 14.6. The quantitative estimate of drug-likeness (QED) is 0.818. The first-order valence-corrected chi connectivity index (χ1v) is 9.66. The number of hydrogen-bond donors (Lipinski definition) is 1. The van der Waals surface area contributed by atoms with Crippen molar-refractivity contribution < 1.29 is 0 Å². The van der Waals surface area contributed by atoms with Crippen LogP contribution in [0, 0.1) is 0 Å². The van der Waals surface area contributed by atoms with Crippen LogP contribution < -0.4 is 5.32 Å². The number of halogens is 1. The summed E-state index contributed by atoms with van der Waals surface area (Å²) in [5, 5.41) is 8.32. The molecule has 1 N–H and O–H groups in total. The average Bonchev–Trinajstić information content (AvgIpc) is 2.88. The summed E-state index contributed by atoms with van der Waals surface area (Å²) in [4.78, 5) is 2.56. The highest BCUT2D eigenvalue weighted by atomic mass is 79.9. The number of nitrogens with zero attached hydrogens (tertiary/aromatic N) is 3. The Morgan fingerprint density at radius 1 is 1.29 bits per heavy atom. The van der Waals surface area contributed by atoms with Crippen molar-refractivity contribution in [2.45, 2.75) is 45.3 Å². The van der Waals surface area contributed by atoms with Gasteiger partial charge in [0.25, 0.3) is 0 Å². The lowest BCUT2D eigenvalue weighted by Crippen LogP contribution is -2.45. The van der Waals surface area contributed by atoms with E-state index in [1.807, 2.05) is 11.7 Å². The van der Waals surface area contributed by atoms with Gasteiger partial charge >= 0.3 is 0 Å². The van der Waals surface area contributed by atoms with Crippen LogP contribution in [0.1, 0.15) is 36.7 Å². The lowest BCUT2D eigenvalue weighted by Gasteiger charge is -2.33. The molecule has 1 atom stereocenters. The second-order valence-electron chi connectivity index (χ2n) is 6.63. The third-order valence-electron chi connectivity index (χ3n) is 4.82. The second-order valence-corrected chi connectivity index (χ2v) is 7.42. The van der Waals surface area contributed by atoms with Crippen molar-refractivity contribution in [2.75, 3.05) is 13.1 Å². The van der Waals surface area contributed by atoms with Crippen LogP contribution in [0.25, 0.3) is 0 Å². The number of aryl methyl sites for hydroxylation is 2. The topological polar surface area (TPSA) is 33.1 Å². The first-order valence-electron chi connectivity index (χ1n) is 8.87. The maximum Gasteiger partial charge on any atom is 0.0767 e. The molecule has 0 spiro atoms. The monoisotopic (exact) mass is 390 g/mol. The molecular formula is C19H27BrN4. The third-order valence-corrected chi connectivity index (χ3v) is 5.73.